The van der Waals surface area contributed by atoms with Crippen LogP contribution in [0.15, 0.2) is 0 Å². The SMILES string of the molecule is C.C.CCC.CCC(C)=O.CSSC. The van der Waals surface area contributed by atoms with E-state index in [2.05, 4.69) is 26.4 Å². The first-order valence-electron chi connectivity index (χ1n) is 4.16. The minimum Gasteiger partial charge on any atom is -0.300 e. The predicted octanol–water partition coefficient (Wildman–Crippen LogP) is 5.30. The van der Waals surface area contributed by atoms with E-state index in [1.165, 1.54) is 6.42 Å². The molecule has 1 nitrogen and oxygen atoms in total. The largest absolute Gasteiger partial charge is 0.300 e. The van der Waals surface area contributed by atoms with Gasteiger partial charge in [-0.15, -0.1) is 0 Å². The zero-order valence-electron chi connectivity index (χ0n) is 9.14. The fourth-order valence-electron chi connectivity index (χ4n) is 0. The lowest BCUT2D eigenvalue weighted by Gasteiger charge is -1.71. The van der Waals surface area contributed by atoms with E-state index in [0.717, 1.165) is 0 Å². The zero-order valence-corrected chi connectivity index (χ0v) is 10.8. The summed E-state index contributed by atoms with van der Waals surface area (Å²) in [5, 5.41) is 0. The number of rotatable bonds is 2. The average molecular weight is 242 g/mol. The van der Waals surface area contributed by atoms with Crippen LogP contribution in [0.3, 0.4) is 0 Å². The van der Waals surface area contributed by atoms with E-state index in [0.29, 0.717) is 6.42 Å². The molecule has 0 aromatic rings. The second kappa shape index (κ2) is 37.7. The van der Waals surface area contributed by atoms with Crippen molar-refractivity contribution in [3.8, 4) is 0 Å². The molecule has 0 aliphatic carbocycles. The van der Waals surface area contributed by atoms with E-state index in [9.17, 15) is 4.79 Å². The van der Waals surface area contributed by atoms with Crippen molar-refractivity contribution < 1.29 is 4.79 Å². The molecule has 0 amide bonds. The molecule has 0 bridgehead atoms. The van der Waals surface area contributed by atoms with Crippen LogP contribution in [0.1, 0.15) is 55.4 Å². The first-order valence-corrected chi connectivity index (χ1v) is 7.13. The smallest absolute Gasteiger partial charge is 0.129 e. The molecule has 0 saturated heterocycles. The van der Waals surface area contributed by atoms with E-state index in [-0.39, 0.29) is 20.6 Å². The second-order valence-corrected chi connectivity index (χ2v) is 4.76. The van der Waals surface area contributed by atoms with Gasteiger partial charge in [-0.25, -0.2) is 0 Å². The third-order valence-corrected chi connectivity index (χ3v) is 2.00. The van der Waals surface area contributed by atoms with Gasteiger partial charge in [-0.05, 0) is 19.4 Å². The highest BCUT2D eigenvalue weighted by Gasteiger charge is 1.76. The van der Waals surface area contributed by atoms with E-state index >= 15 is 0 Å². The summed E-state index contributed by atoms with van der Waals surface area (Å²) in [7, 11) is 3.55. The molecular formula is C11H30OS2. The van der Waals surface area contributed by atoms with Crippen LogP contribution in [0.2, 0.25) is 0 Å². The van der Waals surface area contributed by atoms with E-state index in [1.807, 2.05) is 6.92 Å². The Labute approximate surface area is 100 Å². The first-order chi connectivity index (χ1) is 5.60. The molecule has 0 atom stereocenters. The number of Topliss-reactive ketones (excluding diaryl/α,β-unsaturated/α-hetero) is 1. The van der Waals surface area contributed by atoms with Crippen molar-refractivity contribution in [1.82, 2.24) is 0 Å². The van der Waals surface area contributed by atoms with Crippen molar-refractivity contribution in [2.24, 2.45) is 0 Å². The highest BCUT2D eigenvalue weighted by atomic mass is 33.1. The highest BCUT2D eigenvalue weighted by molar-refractivity contribution is 8.76. The summed E-state index contributed by atoms with van der Waals surface area (Å²) < 4.78 is 0. The minimum absolute atomic E-state index is 0. The number of hydrogen-bond acceptors (Lipinski definition) is 3. The topological polar surface area (TPSA) is 17.1 Å². The first kappa shape index (κ1) is 29.3. The van der Waals surface area contributed by atoms with Crippen LogP contribution >= 0.6 is 21.6 Å². The molecule has 0 rings (SSSR count). The quantitative estimate of drug-likeness (QED) is 0.612. The molecule has 0 saturated carbocycles. The summed E-state index contributed by atoms with van der Waals surface area (Å²) in [4.78, 5) is 9.81. The Balaban J connectivity index is -0.0000000278. The third-order valence-electron chi connectivity index (χ3n) is 0.665. The monoisotopic (exact) mass is 242 g/mol. The molecule has 0 spiro atoms. The van der Waals surface area contributed by atoms with Gasteiger partial charge in [0.1, 0.15) is 5.78 Å². The van der Waals surface area contributed by atoms with Crippen molar-refractivity contribution in [1.29, 1.82) is 0 Å². The standard InChI is InChI=1S/C4H8O.C3H8.C2H6S2.2CH4/c1-3-4(2)5;1-3-2;1-3-4-2;;/h3H2,1-2H3;3H2,1-2H3;1-2H3;2*1H4. The average Bonchev–Trinajstić information content (AvgIpc) is 2.06. The maximum atomic E-state index is 9.81. The lowest BCUT2D eigenvalue weighted by atomic mass is 10.4. The highest BCUT2D eigenvalue weighted by Crippen LogP contribution is 2.09. The Hall–Kier alpha value is 0.370. The Morgan fingerprint density at radius 2 is 1.14 bits per heavy atom. The minimum atomic E-state index is 0. The van der Waals surface area contributed by atoms with Crippen molar-refractivity contribution in [2.45, 2.75) is 55.4 Å². The Morgan fingerprint density at radius 1 is 1.00 bits per heavy atom. The number of hydrogen-bond donors (Lipinski definition) is 0. The number of carbonyl (C=O) groups is 1. The van der Waals surface area contributed by atoms with Crippen LogP contribution in [0.25, 0.3) is 0 Å². The predicted molar refractivity (Wildman–Crippen MR) is 77.4 cm³/mol. The van der Waals surface area contributed by atoms with E-state index in [4.69, 9.17) is 0 Å². The summed E-state index contributed by atoms with van der Waals surface area (Å²) >= 11 is 0. The van der Waals surface area contributed by atoms with Crippen molar-refractivity contribution in [3.05, 3.63) is 0 Å². The summed E-state index contributed by atoms with van der Waals surface area (Å²) in [6.07, 6.45) is 6.04. The molecule has 0 unspecified atom stereocenters. The summed E-state index contributed by atoms with van der Waals surface area (Å²) in [6.45, 7) is 7.68. The maximum Gasteiger partial charge on any atom is 0.129 e. The second-order valence-electron chi connectivity index (χ2n) is 2.10. The van der Waals surface area contributed by atoms with Crippen molar-refractivity contribution in [3.63, 3.8) is 0 Å². The lowest BCUT2D eigenvalue weighted by Crippen LogP contribution is -1.80. The van der Waals surface area contributed by atoms with Crippen LogP contribution in [0, 0.1) is 0 Å². The van der Waals surface area contributed by atoms with Gasteiger partial charge in [-0.1, -0.05) is 63.6 Å². The van der Waals surface area contributed by atoms with Crippen LogP contribution in [-0.4, -0.2) is 18.3 Å². The van der Waals surface area contributed by atoms with Crippen molar-refractivity contribution >= 4 is 27.4 Å². The fraction of sp³-hybridized carbons (Fsp3) is 0.909. The van der Waals surface area contributed by atoms with Gasteiger partial charge < -0.3 is 4.79 Å². The van der Waals surface area contributed by atoms with Crippen LogP contribution < -0.4 is 0 Å². The Morgan fingerprint density at radius 3 is 1.14 bits per heavy atom. The van der Waals surface area contributed by atoms with Gasteiger partial charge in [0.2, 0.25) is 0 Å². The molecule has 0 fully saturated rings. The normalized spacial score (nSPS) is 6.14. The summed E-state index contributed by atoms with van der Waals surface area (Å²) in [5.41, 5.74) is 0. The molecule has 92 valence electrons. The molecule has 0 aliphatic rings. The fourth-order valence-corrected chi connectivity index (χ4v) is 0. The van der Waals surface area contributed by atoms with Crippen molar-refractivity contribution in [2.75, 3.05) is 12.5 Å². The van der Waals surface area contributed by atoms with Crippen LogP contribution in [0.5, 0.6) is 0 Å². The number of ketones is 1. The van der Waals surface area contributed by atoms with Gasteiger partial charge in [-0.2, -0.15) is 0 Å². The Bertz CT molecular complexity index is 73.7. The van der Waals surface area contributed by atoms with Gasteiger partial charge in [0, 0.05) is 6.42 Å². The molecular weight excluding hydrogens is 212 g/mol. The Kier molecular flexibility index (Phi) is 78.7. The van der Waals surface area contributed by atoms with Crippen LogP contribution in [-0.2, 0) is 4.79 Å². The molecule has 0 aromatic carbocycles. The summed E-state index contributed by atoms with van der Waals surface area (Å²) in [6, 6.07) is 0. The molecule has 0 radical (unpaired) electrons. The lowest BCUT2D eigenvalue weighted by molar-refractivity contribution is -0.116. The summed E-state index contributed by atoms with van der Waals surface area (Å²) in [5.74, 6) is 0.255. The van der Waals surface area contributed by atoms with E-state index in [1.54, 1.807) is 28.5 Å². The molecule has 14 heavy (non-hydrogen) atoms. The molecule has 0 heterocycles. The molecule has 0 N–H and O–H groups in total. The zero-order chi connectivity index (χ0) is 10.4. The molecule has 0 aromatic heterocycles. The van der Waals surface area contributed by atoms with Crippen LogP contribution in [0.4, 0.5) is 0 Å². The van der Waals surface area contributed by atoms with Gasteiger partial charge in [0.05, 0.1) is 0 Å². The molecule has 3 heteroatoms. The third kappa shape index (κ3) is 141. The maximum absolute atomic E-state index is 9.81. The van der Waals surface area contributed by atoms with Gasteiger partial charge >= 0.3 is 0 Å². The van der Waals surface area contributed by atoms with E-state index < -0.39 is 0 Å². The molecule has 0 aliphatic heterocycles. The van der Waals surface area contributed by atoms with Gasteiger partial charge in [-0.3, -0.25) is 0 Å². The van der Waals surface area contributed by atoms with Gasteiger partial charge in [0.15, 0.2) is 0 Å². The number of carbonyl (C=O) groups excluding carboxylic acids is 1. The van der Waals surface area contributed by atoms with Gasteiger partial charge in [0.25, 0.3) is 0 Å².